The Morgan fingerprint density at radius 3 is 2.70 bits per heavy atom. The van der Waals surface area contributed by atoms with E-state index in [1.54, 1.807) is 12.1 Å². The summed E-state index contributed by atoms with van der Waals surface area (Å²) in [6, 6.07) is 5.38. The van der Waals surface area contributed by atoms with Gasteiger partial charge in [0.2, 0.25) is 10.0 Å². The fourth-order valence-electron chi connectivity index (χ4n) is 2.24. The molecule has 1 fully saturated rings. The first-order chi connectivity index (χ1) is 8.95. The molecule has 1 aromatic carbocycles. The highest BCUT2D eigenvalue weighted by molar-refractivity contribution is 7.89. The highest BCUT2D eigenvalue weighted by Gasteiger charge is 2.30. The molecule has 1 aliphatic rings. The van der Waals surface area contributed by atoms with Gasteiger partial charge in [-0.25, -0.2) is 8.42 Å². The van der Waals surface area contributed by atoms with E-state index in [2.05, 4.69) is 5.32 Å². The molecule has 2 rings (SSSR count). The van der Waals surface area contributed by atoms with Crippen LogP contribution in [0.15, 0.2) is 23.1 Å². The number of ether oxygens (including phenoxy) is 1. The molecule has 1 aliphatic heterocycles. The minimum absolute atomic E-state index is 0. The molecule has 7 heteroatoms. The molecule has 5 nitrogen and oxygen atoms in total. The summed E-state index contributed by atoms with van der Waals surface area (Å²) in [6.45, 7) is 5.51. The van der Waals surface area contributed by atoms with Crippen LogP contribution in [0.3, 0.4) is 0 Å². The predicted octanol–water partition coefficient (Wildman–Crippen LogP) is 1.41. The average Bonchev–Trinajstić information content (AvgIpc) is 2.38. The molecule has 0 spiro atoms. The summed E-state index contributed by atoms with van der Waals surface area (Å²) in [5, 5.41) is 3.24. The van der Waals surface area contributed by atoms with Gasteiger partial charge < -0.3 is 10.1 Å². The van der Waals surface area contributed by atoms with Gasteiger partial charge in [-0.2, -0.15) is 4.31 Å². The number of rotatable bonds is 3. The zero-order valence-corrected chi connectivity index (χ0v) is 13.6. The van der Waals surface area contributed by atoms with Crippen molar-refractivity contribution in [1.82, 2.24) is 9.62 Å². The fourth-order valence-corrected chi connectivity index (χ4v) is 4.01. The van der Waals surface area contributed by atoms with Crippen molar-refractivity contribution in [2.24, 2.45) is 0 Å². The summed E-state index contributed by atoms with van der Waals surface area (Å²) < 4.78 is 32.1. The van der Waals surface area contributed by atoms with E-state index in [-0.39, 0.29) is 23.3 Å². The van der Waals surface area contributed by atoms with Gasteiger partial charge in [0.1, 0.15) is 10.6 Å². The van der Waals surface area contributed by atoms with Crippen LogP contribution in [0.1, 0.15) is 12.5 Å². The van der Waals surface area contributed by atoms with Crippen molar-refractivity contribution in [2.45, 2.75) is 24.8 Å². The number of nitrogens with one attached hydrogen (secondary N) is 1. The molecule has 1 N–H and O–H groups in total. The quantitative estimate of drug-likeness (QED) is 0.915. The molecule has 1 saturated heterocycles. The normalized spacial score (nSPS) is 20.2. The maximum absolute atomic E-state index is 12.7. The average molecular weight is 321 g/mol. The second-order valence-corrected chi connectivity index (χ2v) is 6.78. The smallest absolute Gasteiger partial charge is 0.246 e. The number of hydrogen-bond donors (Lipinski definition) is 1. The van der Waals surface area contributed by atoms with E-state index in [1.165, 1.54) is 11.4 Å². The van der Waals surface area contributed by atoms with Crippen LogP contribution in [0.5, 0.6) is 5.75 Å². The maximum Gasteiger partial charge on any atom is 0.246 e. The Kier molecular flexibility index (Phi) is 5.82. The Labute approximate surface area is 126 Å². The SMILES string of the molecule is COc1ccc(C)cc1S(=O)(=O)N1CCN[C@H](C)C1.Cl. The summed E-state index contributed by atoms with van der Waals surface area (Å²) in [5.74, 6) is 0.400. The van der Waals surface area contributed by atoms with Crippen LogP contribution in [-0.2, 0) is 10.0 Å². The molecule has 114 valence electrons. The number of aryl methyl sites for hydroxylation is 1. The third kappa shape index (κ3) is 3.44. The van der Waals surface area contributed by atoms with Crippen LogP contribution in [0.4, 0.5) is 0 Å². The van der Waals surface area contributed by atoms with Gasteiger partial charge in [-0.1, -0.05) is 6.07 Å². The van der Waals surface area contributed by atoms with Gasteiger partial charge in [0.05, 0.1) is 7.11 Å². The Bertz CT molecular complexity index is 563. The lowest BCUT2D eigenvalue weighted by Gasteiger charge is -2.31. The van der Waals surface area contributed by atoms with Gasteiger partial charge in [-0.05, 0) is 31.5 Å². The van der Waals surface area contributed by atoms with Crippen LogP contribution in [0, 0.1) is 6.92 Å². The molecule has 1 atom stereocenters. The second kappa shape index (κ2) is 6.76. The molecule has 0 amide bonds. The van der Waals surface area contributed by atoms with Crippen molar-refractivity contribution in [3.05, 3.63) is 23.8 Å². The lowest BCUT2D eigenvalue weighted by molar-refractivity contribution is 0.308. The summed E-state index contributed by atoms with van der Waals surface area (Å²) >= 11 is 0. The lowest BCUT2D eigenvalue weighted by Crippen LogP contribution is -2.51. The van der Waals surface area contributed by atoms with Gasteiger partial charge >= 0.3 is 0 Å². The van der Waals surface area contributed by atoms with Crippen molar-refractivity contribution in [2.75, 3.05) is 26.7 Å². The first-order valence-electron chi connectivity index (χ1n) is 6.33. The zero-order chi connectivity index (χ0) is 14.0. The van der Waals surface area contributed by atoms with Gasteiger partial charge in [0.15, 0.2) is 0 Å². The Morgan fingerprint density at radius 1 is 1.40 bits per heavy atom. The third-order valence-corrected chi connectivity index (χ3v) is 5.15. The fraction of sp³-hybridized carbons (Fsp3) is 0.538. The van der Waals surface area contributed by atoms with E-state index < -0.39 is 10.0 Å². The molecular formula is C13H21ClN2O3S. The van der Waals surface area contributed by atoms with Crippen molar-refractivity contribution in [3.8, 4) is 5.75 Å². The van der Waals surface area contributed by atoms with E-state index in [4.69, 9.17) is 4.74 Å². The number of sulfonamides is 1. The van der Waals surface area contributed by atoms with E-state index >= 15 is 0 Å². The highest BCUT2D eigenvalue weighted by Crippen LogP contribution is 2.28. The monoisotopic (exact) mass is 320 g/mol. The number of piperazine rings is 1. The lowest BCUT2D eigenvalue weighted by atomic mass is 10.2. The first kappa shape index (κ1) is 17.2. The first-order valence-corrected chi connectivity index (χ1v) is 7.77. The van der Waals surface area contributed by atoms with Gasteiger partial charge in [0, 0.05) is 25.7 Å². The molecule has 1 heterocycles. The number of halogens is 1. The minimum Gasteiger partial charge on any atom is -0.495 e. The van der Waals surface area contributed by atoms with Gasteiger partial charge in [-0.15, -0.1) is 12.4 Å². The number of methoxy groups -OCH3 is 1. The van der Waals surface area contributed by atoms with Crippen molar-refractivity contribution in [1.29, 1.82) is 0 Å². The summed E-state index contributed by atoms with van der Waals surface area (Å²) in [6.07, 6.45) is 0. The topological polar surface area (TPSA) is 58.6 Å². The van der Waals surface area contributed by atoms with Crippen molar-refractivity contribution >= 4 is 22.4 Å². The Balaban J connectivity index is 0.00000200. The molecule has 0 unspecified atom stereocenters. The second-order valence-electron chi connectivity index (χ2n) is 4.87. The molecule has 0 aliphatic carbocycles. The number of nitrogens with zero attached hydrogens (tertiary/aromatic N) is 1. The van der Waals surface area contributed by atoms with Gasteiger partial charge in [-0.3, -0.25) is 0 Å². The van der Waals surface area contributed by atoms with Crippen LogP contribution in [0.25, 0.3) is 0 Å². The standard InChI is InChI=1S/C13H20N2O3S.ClH/c1-10-4-5-12(18-3)13(8-10)19(16,17)15-7-6-14-11(2)9-15;/h4-5,8,11,14H,6-7,9H2,1-3H3;1H/t11-;/m1./s1. The Morgan fingerprint density at radius 2 is 2.10 bits per heavy atom. The third-order valence-electron chi connectivity index (χ3n) is 3.27. The van der Waals surface area contributed by atoms with Crippen LogP contribution in [0.2, 0.25) is 0 Å². The molecule has 0 bridgehead atoms. The minimum atomic E-state index is -3.49. The number of hydrogen-bond acceptors (Lipinski definition) is 4. The van der Waals surface area contributed by atoms with Crippen LogP contribution in [-0.4, -0.2) is 45.5 Å². The highest BCUT2D eigenvalue weighted by atomic mass is 35.5. The molecule has 0 saturated carbocycles. The van der Waals surface area contributed by atoms with Crippen LogP contribution < -0.4 is 10.1 Å². The summed E-state index contributed by atoms with van der Waals surface area (Å²) in [7, 11) is -2.00. The number of benzene rings is 1. The zero-order valence-electron chi connectivity index (χ0n) is 11.9. The maximum atomic E-state index is 12.7. The largest absolute Gasteiger partial charge is 0.495 e. The van der Waals surface area contributed by atoms with Crippen molar-refractivity contribution in [3.63, 3.8) is 0 Å². The van der Waals surface area contributed by atoms with Crippen LogP contribution >= 0.6 is 12.4 Å². The predicted molar refractivity (Wildman–Crippen MR) is 81.2 cm³/mol. The molecular weight excluding hydrogens is 300 g/mol. The Hall–Kier alpha value is -0.820. The molecule has 0 aromatic heterocycles. The summed E-state index contributed by atoms with van der Waals surface area (Å²) in [4.78, 5) is 0.254. The van der Waals surface area contributed by atoms with E-state index in [1.807, 2.05) is 19.9 Å². The van der Waals surface area contributed by atoms with E-state index in [9.17, 15) is 8.42 Å². The van der Waals surface area contributed by atoms with Crippen molar-refractivity contribution < 1.29 is 13.2 Å². The molecule has 0 radical (unpaired) electrons. The van der Waals surface area contributed by atoms with Gasteiger partial charge in [0.25, 0.3) is 0 Å². The summed E-state index contributed by atoms with van der Waals surface area (Å²) in [5.41, 5.74) is 0.905. The van der Waals surface area contributed by atoms with E-state index in [0.29, 0.717) is 25.4 Å². The van der Waals surface area contributed by atoms with E-state index in [0.717, 1.165) is 5.56 Å². The molecule has 1 aromatic rings. The molecule has 20 heavy (non-hydrogen) atoms.